The van der Waals surface area contributed by atoms with E-state index < -0.39 is 43.5 Å². The third-order valence-corrected chi connectivity index (χ3v) is 11.9. The van der Waals surface area contributed by atoms with Crippen LogP contribution < -0.4 is 10.2 Å². The smallest absolute Gasteiger partial charge is 0.264 e. The molecule has 2 aromatic rings. The Morgan fingerprint density at radius 1 is 1.21 bits per heavy atom. The molecule has 3 aliphatic rings. The number of ether oxygens (including phenoxy) is 1. The summed E-state index contributed by atoms with van der Waals surface area (Å²) in [5.41, 5.74) is 0.734. The van der Waals surface area contributed by atoms with Crippen LogP contribution in [0.1, 0.15) is 44.2 Å². The molecule has 0 bridgehead atoms. The van der Waals surface area contributed by atoms with Gasteiger partial charge in [0.2, 0.25) is 5.91 Å². The van der Waals surface area contributed by atoms with Gasteiger partial charge in [-0.05, 0) is 68.8 Å². The van der Waals surface area contributed by atoms with E-state index in [1.807, 2.05) is 20.0 Å². The SMILES string of the molecule is C[C@H](O)C(=O)Nc1ccc(CN2C(=O)[C@]3(O[C@H](CC(=O)N4CCC[C@H]4CO)[C@@H]([Si](C)(C)O)[C@@H]3C)c3cc(Cl)ccc32)cc1. The number of nitrogens with one attached hydrogen (secondary N) is 1. The first-order chi connectivity index (χ1) is 20.3. The maximum atomic E-state index is 14.5. The van der Waals surface area contributed by atoms with Gasteiger partial charge < -0.3 is 34.9 Å². The number of fused-ring (bicyclic) bond motifs is 2. The van der Waals surface area contributed by atoms with Gasteiger partial charge >= 0.3 is 0 Å². The normalized spacial score (nSPS) is 27.6. The van der Waals surface area contributed by atoms with E-state index in [-0.39, 0.29) is 37.4 Å². The highest BCUT2D eigenvalue weighted by Crippen LogP contribution is 2.60. The van der Waals surface area contributed by atoms with Crippen LogP contribution in [0.15, 0.2) is 42.5 Å². The topological polar surface area (TPSA) is 140 Å². The van der Waals surface area contributed by atoms with Gasteiger partial charge in [-0.25, -0.2) is 0 Å². The molecule has 0 aromatic heterocycles. The zero-order valence-electron chi connectivity index (χ0n) is 24.9. The van der Waals surface area contributed by atoms with Crippen molar-refractivity contribution in [3.05, 3.63) is 58.6 Å². The number of carbonyl (C=O) groups excluding carboxylic acids is 3. The van der Waals surface area contributed by atoms with E-state index in [9.17, 15) is 29.4 Å². The fourth-order valence-electron chi connectivity index (χ4n) is 7.17. The van der Waals surface area contributed by atoms with Crippen molar-refractivity contribution in [1.29, 1.82) is 0 Å². The maximum absolute atomic E-state index is 14.5. The second-order valence-corrected chi connectivity index (χ2v) is 17.0. The van der Waals surface area contributed by atoms with Crippen molar-refractivity contribution in [3.63, 3.8) is 0 Å². The minimum absolute atomic E-state index is 0.00701. The van der Waals surface area contributed by atoms with Gasteiger partial charge in [-0.15, -0.1) is 0 Å². The van der Waals surface area contributed by atoms with Gasteiger partial charge in [0.15, 0.2) is 13.9 Å². The molecular formula is C31H40ClN3O7Si. The highest BCUT2D eigenvalue weighted by atomic mass is 35.5. The van der Waals surface area contributed by atoms with Crippen LogP contribution in [0.5, 0.6) is 0 Å². The van der Waals surface area contributed by atoms with E-state index in [1.54, 1.807) is 52.3 Å². The van der Waals surface area contributed by atoms with Gasteiger partial charge in [0.25, 0.3) is 11.8 Å². The molecule has 6 atom stereocenters. The first-order valence-electron chi connectivity index (χ1n) is 14.8. The fourth-order valence-corrected chi connectivity index (χ4v) is 9.90. The summed E-state index contributed by atoms with van der Waals surface area (Å²) in [6.45, 7) is 7.61. The van der Waals surface area contributed by atoms with Crippen LogP contribution in [-0.2, 0) is 31.3 Å². The average Bonchev–Trinajstić information content (AvgIpc) is 3.60. The minimum atomic E-state index is -2.97. The second kappa shape index (κ2) is 11.9. The van der Waals surface area contributed by atoms with Crippen LogP contribution in [0.25, 0.3) is 0 Å². The van der Waals surface area contributed by atoms with Crippen molar-refractivity contribution in [1.82, 2.24) is 4.90 Å². The van der Waals surface area contributed by atoms with Gasteiger partial charge in [-0.3, -0.25) is 14.4 Å². The Morgan fingerprint density at radius 3 is 2.53 bits per heavy atom. The molecule has 1 spiro atoms. The van der Waals surface area contributed by atoms with E-state index >= 15 is 0 Å². The lowest BCUT2D eigenvalue weighted by atomic mass is 9.82. The lowest BCUT2D eigenvalue weighted by Crippen LogP contribution is -2.46. The summed E-state index contributed by atoms with van der Waals surface area (Å²) < 4.78 is 6.75. The number of hydrogen-bond donors (Lipinski definition) is 4. The van der Waals surface area contributed by atoms with Crippen LogP contribution in [0.4, 0.5) is 11.4 Å². The molecule has 3 aliphatic heterocycles. The number of rotatable bonds is 8. The summed E-state index contributed by atoms with van der Waals surface area (Å²) in [6.07, 6.45) is -0.268. The monoisotopic (exact) mass is 629 g/mol. The number of aliphatic hydroxyl groups excluding tert-OH is 2. The molecule has 5 rings (SSSR count). The van der Waals surface area contributed by atoms with E-state index in [0.29, 0.717) is 28.5 Å². The standard InChI is InChI=1S/C31H40ClN3O7Si/c1-18-28(43(3,4)41)26(15-27(38)34-13-5-6-23(34)17-36)42-31(18)24-14-21(32)9-12-25(24)35(30(31)40)16-20-7-10-22(11-8-20)33-29(39)19(2)37/h7-12,14,18-19,23,26,28,36-37,41H,5-6,13,15-17H2,1-4H3,(H,33,39)/t18-,19-,23-,26+,28-,31+/m0/s1. The third-order valence-electron chi connectivity index (χ3n) is 9.17. The first kappa shape index (κ1) is 31.6. The number of aliphatic hydroxyl groups is 2. The van der Waals surface area contributed by atoms with Crippen LogP contribution in [-0.4, -0.2) is 77.3 Å². The Hall–Kier alpha value is -2.80. The van der Waals surface area contributed by atoms with Crippen molar-refractivity contribution >= 4 is 49.0 Å². The fraction of sp³-hybridized carbons (Fsp3) is 0.516. The Labute approximate surface area is 257 Å². The van der Waals surface area contributed by atoms with Crippen LogP contribution in [0.3, 0.4) is 0 Å². The number of benzene rings is 2. The molecule has 0 aliphatic carbocycles. The summed E-state index contributed by atoms with van der Waals surface area (Å²) in [5, 5.41) is 22.3. The Kier molecular flexibility index (Phi) is 8.78. The second-order valence-electron chi connectivity index (χ2n) is 12.5. The third kappa shape index (κ3) is 5.74. The molecule has 3 amide bonds. The first-order valence-corrected chi connectivity index (χ1v) is 18.2. The van der Waals surface area contributed by atoms with Gasteiger partial charge in [-0.1, -0.05) is 30.7 Å². The summed E-state index contributed by atoms with van der Waals surface area (Å²) in [5.74, 6) is -1.39. The van der Waals surface area contributed by atoms with Crippen LogP contribution in [0, 0.1) is 5.92 Å². The van der Waals surface area contributed by atoms with Crippen molar-refractivity contribution in [2.24, 2.45) is 5.92 Å². The molecule has 0 saturated carbocycles. The minimum Gasteiger partial charge on any atom is -0.432 e. The number of hydrogen-bond acceptors (Lipinski definition) is 7. The molecule has 0 unspecified atom stereocenters. The number of carbonyl (C=O) groups is 3. The molecular weight excluding hydrogens is 590 g/mol. The highest BCUT2D eigenvalue weighted by molar-refractivity contribution is 6.71. The number of likely N-dealkylation sites (tertiary alicyclic amines) is 1. The zero-order chi connectivity index (χ0) is 31.3. The average molecular weight is 630 g/mol. The van der Waals surface area contributed by atoms with Crippen LogP contribution in [0.2, 0.25) is 23.7 Å². The Balaban J connectivity index is 1.47. The molecule has 232 valence electrons. The highest BCUT2D eigenvalue weighted by Gasteiger charge is 2.66. The number of halogens is 1. The lowest BCUT2D eigenvalue weighted by Gasteiger charge is -2.32. The Bertz CT molecular complexity index is 1400. The van der Waals surface area contributed by atoms with Crippen molar-refractivity contribution in [2.45, 2.75) is 82.1 Å². The largest absolute Gasteiger partial charge is 0.432 e. The molecule has 4 N–H and O–H groups in total. The summed E-state index contributed by atoms with van der Waals surface area (Å²) in [4.78, 5) is 54.7. The molecule has 3 heterocycles. The van der Waals surface area contributed by atoms with Crippen LogP contribution >= 0.6 is 11.6 Å². The number of nitrogens with zero attached hydrogens (tertiary/aromatic N) is 2. The quantitative estimate of drug-likeness (QED) is 0.328. The predicted octanol–water partition coefficient (Wildman–Crippen LogP) is 3.38. The van der Waals surface area contributed by atoms with Gasteiger partial charge in [0.1, 0.15) is 6.10 Å². The number of anilines is 2. The molecule has 2 aromatic carbocycles. The van der Waals surface area contributed by atoms with Gasteiger partial charge in [-0.2, -0.15) is 0 Å². The lowest BCUT2D eigenvalue weighted by molar-refractivity contribution is -0.150. The van der Waals surface area contributed by atoms with Crippen molar-refractivity contribution < 1.29 is 34.1 Å². The number of amides is 3. The van der Waals surface area contributed by atoms with Crippen molar-refractivity contribution in [3.8, 4) is 0 Å². The summed E-state index contributed by atoms with van der Waals surface area (Å²) in [6, 6.07) is 12.0. The predicted molar refractivity (Wildman–Crippen MR) is 165 cm³/mol. The maximum Gasteiger partial charge on any atom is 0.264 e. The van der Waals surface area contributed by atoms with Crippen molar-refractivity contribution in [2.75, 3.05) is 23.4 Å². The summed E-state index contributed by atoms with van der Waals surface area (Å²) in [7, 11) is -2.97. The summed E-state index contributed by atoms with van der Waals surface area (Å²) >= 11 is 6.47. The van der Waals surface area contributed by atoms with E-state index in [2.05, 4.69) is 5.32 Å². The molecule has 10 nitrogen and oxygen atoms in total. The Morgan fingerprint density at radius 2 is 1.91 bits per heavy atom. The van der Waals surface area contributed by atoms with Gasteiger partial charge in [0.05, 0.1) is 37.4 Å². The molecule has 2 saturated heterocycles. The molecule has 12 heteroatoms. The van der Waals surface area contributed by atoms with E-state index in [0.717, 1.165) is 18.4 Å². The molecule has 0 radical (unpaired) electrons. The molecule has 43 heavy (non-hydrogen) atoms. The zero-order valence-corrected chi connectivity index (χ0v) is 26.7. The molecule has 2 fully saturated rings. The van der Waals surface area contributed by atoms with E-state index in [4.69, 9.17) is 16.3 Å². The van der Waals surface area contributed by atoms with E-state index in [1.165, 1.54) is 6.92 Å². The van der Waals surface area contributed by atoms with Gasteiger partial charge in [0, 0.05) is 34.3 Å².